The molecule has 0 aliphatic carbocycles. The van der Waals surface area contributed by atoms with Crippen molar-refractivity contribution < 1.29 is 13.9 Å². The van der Waals surface area contributed by atoms with Gasteiger partial charge < -0.3 is 15.0 Å². The smallest absolute Gasteiger partial charge is 0.316 e. The maximum Gasteiger partial charge on any atom is 0.316 e. The first-order valence-corrected chi connectivity index (χ1v) is 8.47. The van der Waals surface area contributed by atoms with Crippen molar-refractivity contribution in [3.63, 3.8) is 0 Å². The predicted octanol–water partition coefficient (Wildman–Crippen LogP) is 3.21. The standard InChI is InChI=1S/C18H18FN3O3S/c1-8(2)25-17(24)12-9(3)20-15-14(16(23)22-18(26)21-15)13(12)10-6-4-5-7-11(10)19/h4-8,12-13H,3H2,1-2H3,(H3,20,21,22,23,26)/t12-,13+/m0/s1. The number of aromatic nitrogens is 2. The molecular weight excluding hydrogens is 357 g/mol. The van der Waals surface area contributed by atoms with Gasteiger partial charge in [0.2, 0.25) is 0 Å². The monoisotopic (exact) mass is 375 g/mol. The Kier molecular flexibility index (Phi) is 4.78. The van der Waals surface area contributed by atoms with Gasteiger partial charge in [-0.1, -0.05) is 24.8 Å². The highest BCUT2D eigenvalue weighted by molar-refractivity contribution is 7.71. The van der Waals surface area contributed by atoms with Crippen LogP contribution in [0.2, 0.25) is 0 Å². The predicted molar refractivity (Wildman–Crippen MR) is 98.0 cm³/mol. The summed E-state index contributed by atoms with van der Waals surface area (Å²) in [5, 5.41) is 2.90. The van der Waals surface area contributed by atoms with Gasteiger partial charge in [-0.3, -0.25) is 14.6 Å². The van der Waals surface area contributed by atoms with Gasteiger partial charge in [0.05, 0.1) is 11.7 Å². The van der Waals surface area contributed by atoms with E-state index in [-0.39, 0.29) is 22.0 Å². The molecule has 1 aliphatic heterocycles. The molecule has 0 amide bonds. The number of ether oxygens (including phenoxy) is 1. The molecule has 0 saturated heterocycles. The van der Waals surface area contributed by atoms with Crippen LogP contribution in [0.15, 0.2) is 41.3 Å². The summed E-state index contributed by atoms with van der Waals surface area (Å²) in [4.78, 5) is 30.6. The van der Waals surface area contributed by atoms with Gasteiger partial charge in [-0.25, -0.2) is 4.39 Å². The molecule has 0 bridgehead atoms. The Balaban J connectivity index is 2.26. The summed E-state index contributed by atoms with van der Waals surface area (Å²) in [6.45, 7) is 7.32. The zero-order valence-electron chi connectivity index (χ0n) is 14.3. The van der Waals surface area contributed by atoms with E-state index in [2.05, 4.69) is 21.9 Å². The van der Waals surface area contributed by atoms with Crippen LogP contribution in [-0.2, 0) is 9.53 Å². The molecule has 3 N–H and O–H groups in total. The van der Waals surface area contributed by atoms with E-state index in [4.69, 9.17) is 17.0 Å². The number of rotatable bonds is 3. The fourth-order valence-electron chi connectivity index (χ4n) is 3.14. The second-order valence-corrected chi connectivity index (χ2v) is 6.72. The number of benzene rings is 1. The molecule has 1 aromatic heterocycles. The molecule has 0 radical (unpaired) electrons. The molecule has 2 heterocycles. The van der Waals surface area contributed by atoms with Crippen molar-refractivity contribution in [2.45, 2.75) is 25.9 Å². The molecule has 0 spiro atoms. The maximum atomic E-state index is 14.6. The van der Waals surface area contributed by atoms with Crippen molar-refractivity contribution >= 4 is 24.0 Å². The summed E-state index contributed by atoms with van der Waals surface area (Å²) in [6, 6.07) is 6.01. The highest BCUT2D eigenvalue weighted by Crippen LogP contribution is 2.42. The number of halogens is 1. The lowest BCUT2D eigenvalue weighted by Crippen LogP contribution is -2.38. The van der Waals surface area contributed by atoms with Gasteiger partial charge in [0.15, 0.2) is 4.77 Å². The number of esters is 1. The zero-order valence-corrected chi connectivity index (χ0v) is 15.1. The lowest BCUT2D eigenvalue weighted by molar-refractivity contribution is -0.151. The summed E-state index contributed by atoms with van der Waals surface area (Å²) in [5.41, 5.74) is 0.187. The molecule has 6 nitrogen and oxygen atoms in total. The number of carbonyl (C=O) groups excluding carboxylic acids is 1. The number of H-pyrrole nitrogens is 2. The second kappa shape index (κ2) is 6.87. The van der Waals surface area contributed by atoms with E-state index >= 15 is 0 Å². The van der Waals surface area contributed by atoms with Gasteiger partial charge in [0.1, 0.15) is 17.6 Å². The van der Waals surface area contributed by atoms with Gasteiger partial charge in [0.25, 0.3) is 5.56 Å². The number of nitrogens with one attached hydrogen (secondary N) is 3. The molecule has 2 aromatic rings. The SMILES string of the molecule is C=C1Nc2[nH]c(=S)[nH]c(=O)c2[C@H](c2ccccc2F)[C@H]1C(=O)OC(C)C. The third-order valence-corrected chi connectivity index (χ3v) is 4.34. The Labute approximate surface area is 154 Å². The number of hydrogen-bond donors (Lipinski definition) is 3. The lowest BCUT2D eigenvalue weighted by atomic mass is 9.77. The third-order valence-electron chi connectivity index (χ3n) is 4.13. The minimum absolute atomic E-state index is 0.115. The molecule has 3 rings (SSSR count). The van der Waals surface area contributed by atoms with Crippen LogP contribution < -0.4 is 10.9 Å². The highest BCUT2D eigenvalue weighted by Gasteiger charge is 2.42. The number of carbonyl (C=O) groups is 1. The van der Waals surface area contributed by atoms with Crippen LogP contribution in [0.5, 0.6) is 0 Å². The third kappa shape index (κ3) is 3.20. The van der Waals surface area contributed by atoms with Crippen LogP contribution in [0, 0.1) is 16.5 Å². The first-order valence-electron chi connectivity index (χ1n) is 8.06. The zero-order chi connectivity index (χ0) is 19.0. The summed E-state index contributed by atoms with van der Waals surface area (Å²) in [5.74, 6) is -2.68. The topological polar surface area (TPSA) is 87.0 Å². The fourth-order valence-corrected chi connectivity index (χ4v) is 3.34. The van der Waals surface area contributed by atoms with Crippen molar-refractivity contribution in [2.24, 2.45) is 5.92 Å². The average molecular weight is 375 g/mol. The molecule has 0 unspecified atom stereocenters. The van der Waals surface area contributed by atoms with Crippen molar-refractivity contribution in [3.8, 4) is 0 Å². The van der Waals surface area contributed by atoms with Crippen LogP contribution in [0.25, 0.3) is 0 Å². The van der Waals surface area contributed by atoms with Crippen molar-refractivity contribution in [1.82, 2.24) is 9.97 Å². The Morgan fingerprint density at radius 2 is 2.00 bits per heavy atom. The minimum Gasteiger partial charge on any atom is -0.462 e. The van der Waals surface area contributed by atoms with Crippen LogP contribution in [-0.4, -0.2) is 22.0 Å². The van der Waals surface area contributed by atoms with Gasteiger partial charge in [-0.15, -0.1) is 0 Å². The van der Waals surface area contributed by atoms with Crippen LogP contribution in [0.1, 0.15) is 30.9 Å². The summed E-state index contributed by atoms with van der Waals surface area (Å²) < 4.78 is 20.0. The fraction of sp³-hybridized carbons (Fsp3) is 0.278. The first kappa shape index (κ1) is 18.1. The number of hydrogen-bond acceptors (Lipinski definition) is 5. The van der Waals surface area contributed by atoms with Gasteiger partial charge in [-0.05, 0) is 37.7 Å². The van der Waals surface area contributed by atoms with E-state index in [0.717, 1.165) is 0 Å². The molecule has 0 saturated carbocycles. The maximum absolute atomic E-state index is 14.6. The summed E-state index contributed by atoms with van der Waals surface area (Å²) >= 11 is 5.00. The molecule has 0 fully saturated rings. The molecule has 2 atom stereocenters. The largest absolute Gasteiger partial charge is 0.462 e. The van der Waals surface area contributed by atoms with Crippen molar-refractivity contribution in [1.29, 1.82) is 0 Å². The van der Waals surface area contributed by atoms with Gasteiger partial charge in [0, 0.05) is 11.6 Å². The molecule has 1 aliphatic rings. The Morgan fingerprint density at radius 3 is 2.65 bits per heavy atom. The van der Waals surface area contributed by atoms with E-state index in [1.54, 1.807) is 32.0 Å². The quantitative estimate of drug-likeness (QED) is 0.566. The van der Waals surface area contributed by atoms with Crippen LogP contribution in [0.4, 0.5) is 10.2 Å². The average Bonchev–Trinajstić information content (AvgIpc) is 2.52. The number of aromatic amines is 2. The van der Waals surface area contributed by atoms with Crippen molar-refractivity contribution in [2.75, 3.05) is 5.32 Å². The summed E-state index contributed by atoms with van der Waals surface area (Å²) in [6.07, 6.45) is -0.363. The highest BCUT2D eigenvalue weighted by atomic mass is 32.1. The molecule has 1 aromatic carbocycles. The summed E-state index contributed by atoms with van der Waals surface area (Å²) in [7, 11) is 0. The Bertz CT molecular complexity index is 996. The number of anilines is 1. The Hall–Kier alpha value is -2.74. The lowest BCUT2D eigenvalue weighted by Gasteiger charge is -2.34. The van der Waals surface area contributed by atoms with Crippen molar-refractivity contribution in [3.05, 3.63) is 68.6 Å². The molecule has 26 heavy (non-hydrogen) atoms. The normalized spacial score (nSPS) is 19.0. The van der Waals surface area contributed by atoms with E-state index in [1.165, 1.54) is 6.07 Å². The van der Waals surface area contributed by atoms with Crippen LogP contribution >= 0.6 is 12.2 Å². The first-order chi connectivity index (χ1) is 12.3. The van der Waals surface area contributed by atoms with Gasteiger partial charge >= 0.3 is 5.97 Å². The minimum atomic E-state index is -0.965. The van der Waals surface area contributed by atoms with Gasteiger partial charge in [-0.2, -0.15) is 0 Å². The second-order valence-electron chi connectivity index (χ2n) is 6.31. The number of fused-ring (bicyclic) bond motifs is 1. The van der Waals surface area contributed by atoms with E-state index in [9.17, 15) is 14.0 Å². The molecule has 136 valence electrons. The van der Waals surface area contributed by atoms with E-state index in [0.29, 0.717) is 11.5 Å². The molecule has 8 heteroatoms. The molecular formula is C18H18FN3O3S. The van der Waals surface area contributed by atoms with E-state index in [1.807, 2.05) is 0 Å². The Morgan fingerprint density at radius 1 is 1.31 bits per heavy atom. The van der Waals surface area contributed by atoms with Crippen LogP contribution in [0.3, 0.4) is 0 Å². The van der Waals surface area contributed by atoms with E-state index < -0.39 is 29.2 Å².